The molecular formula is C19H20N3O2. The second-order valence-electron chi connectivity index (χ2n) is 5.84. The second-order valence-corrected chi connectivity index (χ2v) is 5.84. The molecular weight excluding hydrogens is 302 g/mol. The molecule has 1 aliphatic heterocycles. The smallest absolute Gasteiger partial charge is 0.228 e. The number of rotatable bonds is 4. The summed E-state index contributed by atoms with van der Waals surface area (Å²) in [6.07, 6.45) is 6.30. The van der Waals surface area contributed by atoms with Crippen LogP contribution in [0.3, 0.4) is 0 Å². The predicted molar refractivity (Wildman–Crippen MR) is 93.5 cm³/mol. The number of benzene rings is 1. The van der Waals surface area contributed by atoms with E-state index in [2.05, 4.69) is 16.4 Å². The first-order chi connectivity index (χ1) is 11.6. The van der Waals surface area contributed by atoms with Crippen LogP contribution in [0.5, 0.6) is 0 Å². The summed E-state index contributed by atoms with van der Waals surface area (Å²) in [5, 5.41) is 2.74. The quantitative estimate of drug-likeness (QED) is 0.940. The van der Waals surface area contributed by atoms with Crippen molar-refractivity contribution < 1.29 is 9.59 Å². The van der Waals surface area contributed by atoms with Gasteiger partial charge in [-0.15, -0.1) is 0 Å². The van der Waals surface area contributed by atoms with Crippen LogP contribution in [0.4, 0.5) is 5.69 Å². The van der Waals surface area contributed by atoms with E-state index >= 15 is 0 Å². The monoisotopic (exact) mass is 322 g/mol. The zero-order chi connectivity index (χ0) is 17.1. The molecule has 2 amide bonds. The minimum Gasteiger partial charge on any atom is -0.356 e. The Kier molecular flexibility index (Phi) is 4.60. The lowest BCUT2D eigenvalue weighted by Crippen LogP contribution is -2.30. The van der Waals surface area contributed by atoms with E-state index in [1.807, 2.05) is 32.2 Å². The van der Waals surface area contributed by atoms with E-state index in [0.717, 1.165) is 34.4 Å². The van der Waals surface area contributed by atoms with Crippen LogP contribution < -0.4 is 10.2 Å². The van der Waals surface area contributed by atoms with Gasteiger partial charge in [-0.3, -0.25) is 14.6 Å². The highest BCUT2D eigenvalue weighted by Crippen LogP contribution is 2.31. The van der Waals surface area contributed by atoms with Crippen LogP contribution in [-0.4, -0.2) is 30.4 Å². The van der Waals surface area contributed by atoms with Crippen molar-refractivity contribution in [2.75, 3.05) is 18.5 Å². The predicted octanol–water partition coefficient (Wildman–Crippen LogP) is 2.35. The van der Waals surface area contributed by atoms with Crippen molar-refractivity contribution in [3.05, 3.63) is 54.2 Å². The SMILES string of the molecule is CCNC(=O)[CH]c1cncc(-c2ccc3c(c2)CCC(=O)N3C)c1. The van der Waals surface area contributed by atoms with Gasteiger partial charge < -0.3 is 10.2 Å². The standard InChI is InChI=1S/C19H20N3O2/c1-3-21-18(23)9-13-8-16(12-20-11-13)14-4-6-17-15(10-14)5-7-19(24)22(17)2/h4,6,8-12H,3,5,7H2,1-2H3,(H,21,23). The molecule has 2 heterocycles. The number of pyridine rings is 1. The lowest BCUT2D eigenvalue weighted by molar-refractivity contribution is -0.119. The largest absolute Gasteiger partial charge is 0.356 e. The third-order valence-corrected chi connectivity index (χ3v) is 4.16. The minimum absolute atomic E-state index is 0.123. The van der Waals surface area contributed by atoms with E-state index in [-0.39, 0.29) is 11.8 Å². The van der Waals surface area contributed by atoms with Crippen LogP contribution in [0, 0.1) is 6.42 Å². The highest BCUT2D eigenvalue weighted by molar-refractivity contribution is 5.96. The molecule has 0 fully saturated rings. The average molecular weight is 322 g/mol. The number of carbonyl (C=O) groups excluding carboxylic acids is 2. The van der Waals surface area contributed by atoms with Gasteiger partial charge in [0.15, 0.2) is 0 Å². The Hall–Kier alpha value is -2.69. The normalized spacial score (nSPS) is 13.6. The van der Waals surface area contributed by atoms with Crippen LogP contribution >= 0.6 is 0 Å². The van der Waals surface area contributed by atoms with E-state index in [1.165, 1.54) is 0 Å². The first-order valence-corrected chi connectivity index (χ1v) is 8.06. The fourth-order valence-electron chi connectivity index (χ4n) is 2.91. The Morgan fingerprint density at radius 3 is 2.88 bits per heavy atom. The number of nitrogens with one attached hydrogen (secondary N) is 1. The zero-order valence-corrected chi connectivity index (χ0v) is 13.9. The third-order valence-electron chi connectivity index (χ3n) is 4.16. The van der Waals surface area contributed by atoms with Crippen molar-refractivity contribution in [2.45, 2.75) is 19.8 Å². The van der Waals surface area contributed by atoms with Gasteiger partial charge in [-0.25, -0.2) is 0 Å². The van der Waals surface area contributed by atoms with Crippen molar-refractivity contribution in [2.24, 2.45) is 0 Å². The summed E-state index contributed by atoms with van der Waals surface area (Å²) in [6.45, 7) is 2.48. The Morgan fingerprint density at radius 2 is 2.08 bits per heavy atom. The molecule has 1 aliphatic rings. The van der Waals surface area contributed by atoms with Gasteiger partial charge in [0.2, 0.25) is 11.8 Å². The molecule has 123 valence electrons. The third kappa shape index (κ3) is 3.30. The maximum absolute atomic E-state index is 11.8. The molecule has 24 heavy (non-hydrogen) atoms. The molecule has 2 aromatic rings. The van der Waals surface area contributed by atoms with Crippen LogP contribution in [0.1, 0.15) is 24.5 Å². The van der Waals surface area contributed by atoms with Crippen molar-refractivity contribution in [3.63, 3.8) is 0 Å². The van der Waals surface area contributed by atoms with Gasteiger partial charge in [0, 0.05) is 43.7 Å². The Balaban J connectivity index is 1.87. The molecule has 5 nitrogen and oxygen atoms in total. The Morgan fingerprint density at radius 1 is 1.25 bits per heavy atom. The molecule has 1 radical (unpaired) electrons. The van der Waals surface area contributed by atoms with E-state index in [0.29, 0.717) is 13.0 Å². The average Bonchev–Trinajstić information content (AvgIpc) is 2.58. The van der Waals surface area contributed by atoms with Crippen molar-refractivity contribution in [3.8, 4) is 11.1 Å². The fourth-order valence-corrected chi connectivity index (χ4v) is 2.91. The number of hydrogen-bond donors (Lipinski definition) is 1. The zero-order valence-electron chi connectivity index (χ0n) is 13.9. The first kappa shape index (κ1) is 16.2. The molecule has 1 N–H and O–H groups in total. The van der Waals surface area contributed by atoms with Gasteiger partial charge >= 0.3 is 0 Å². The van der Waals surface area contributed by atoms with Crippen LogP contribution in [0.15, 0.2) is 36.7 Å². The van der Waals surface area contributed by atoms with Crippen molar-refractivity contribution in [1.82, 2.24) is 10.3 Å². The summed E-state index contributed by atoms with van der Waals surface area (Å²) in [4.78, 5) is 29.4. The lowest BCUT2D eigenvalue weighted by Gasteiger charge is -2.26. The molecule has 0 spiro atoms. The number of amides is 2. The molecule has 0 unspecified atom stereocenters. The summed E-state index contributed by atoms with van der Waals surface area (Å²) < 4.78 is 0. The molecule has 3 rings (SSSR count). The number of nitrogens with zero attached hydrogens (tertiary/aromatic N) is 2. The van der Waals surface area contributed by atoms with Crippen molar-refractivity contribution in [1.29, 1.82) is 0 Å². The van der Waals surface area contributed by atoms with Crippen molar-refractivity contribution >= 4 is 17.5 Å². The molecule has 5 heteroatoms. The molecule has 0 bridgehead atoms. The summed E-state index contributed by atoms with van der Waals surface area (Å²) in [5.74, 6) is 0.0254. The van der Waals surface area contributed by atoms with Gasteiger partial charge in [-0.05, 0) is 48.2 Å². The molecule has 0 saturated carbocycles. The number of aromatic nitrogens is 1. The Bertz CT molecular complexity index is 786. The van der Waals surface area contributed by atoms with Gasteiger partial charge in [0.05, 0.1) is 6.42 Å². The van der Waals surface area contributed by atoms with Gasteiger partial charge in [-0.2, -0.15) is 0 Å². The lowest BCUT2D eigenvalue weighted by atomic mass is 9.96. The number of fused-ring (bicyclic) bond motifs is 1. The minimum atomic E-state index is -0.123. The van der Waals surface area contributed by atoms with E-state index in [1.54, 1.807) is 23.7 Å². The molecule has 1 aromatic heterocycles. The number of likely N-dealkylation sites (N-methyl/N-ethyl adjacent to an activating group) is 1. The molecule has 0 atom stereocenters. The van der Waals surface area contributed by atoms with Gasteiger partial charge in [0.25, 0.3) is 0 Å². The highest BCUT2D eigenvalue weighted by Gasteiger charge is 2.21. The second kappa shape index (κ2) is 6.83. The maximum Gasteiger partial charge on any atom is 0.228 e. The van der Waals surface area contributed by atoms with Crippen LogP contribution in [-0.2, 0) is 16.0 Å². The topological polar surface area (TPSA) is 62.3 Å². The van der Waals surface area contributed by atoms with Gasteiger partial charge in [-0.1, -0.05) is 6.07 Å². The number of aryl methyl sites for hydroxylation is 1. The number of hydrogen-bond acceptors (Lipinski definition) is 3. The number of anilines is 1. The van der Waals surface area contributed by atoms with E-state index < -0.39 is 0 Å². The summed E-state index contributed by atoms with van der Waals surface area (Å²) in [7, 11) is 1.81. The first-order valence-electron chi connectivity index (χ1n) is 8.06. The maximum atomic E-state index is 11.8. The summed E-state index contributed by atoms with van der Waals surface area (Å²) in [6, 6.07) is 8.01. The molecule has 0 aliphatic carbocycles. The number of carbonyl (C=O) groups is 2. The van der Waals surface area contributed by atoms with Crippen LogP contribution in [0.2, 0.25) is 0 Å². The van der Waals surface area contributed by atoms with Crippen LogP contribution in [0.25, 0.3) is 11.1 Å². The van der Waals surface area contributed by atoms with E-state index in [4.69, 9.17) is 0 Å². The van der Waals surface area contributed by atoms with Gasteiger partial charge in [0.1, 0.15) is 0 Å². The highest BCUT2D eigenvalue weighted by atomic mass is 16.2. The fraction of sp³-hybridized carbons (Fsp3) is 0.263. The molecule has 0 saturated heterocycles. The Labute approximate surface area is 141 Å². The summed E-state index contributed by atoms with van der Waals surface area (Å²) in [5.41, 5.74) is 4.88. The molecule has 1 aromatic carbocycles. The van der Waals surface area contributed by atoms with E-state index in [9.17, 15) is 9.59 Å². The summed E-state index contributed by atoms with van der Waals surface area (Å²) >= 11 is 0.